The maximum absolute atomic E-state index is 15.4. The molecule has 24 nitrogen and oxygen atoms in total. The highest BCUT2D eigenvalue weighted by Gasteiger charge is 2.37. The normalized spacial score (nSPS) is 15.9. The van der Waals surface area contributed by atoms with Crippen LogP contribution in [-0.2, 0) is 50.0 Å². The van der Waals surface area contributed by atoms with Gasteiger partial charge in [0.25, 0.3) is 5.91 Å². The summed E-state index contributed by atoms with van der Waals surface area (Å²) in [5, 5.41) is 28.3. The maximum atomic E-state index is 15.4. The van der Waals surface area contributed by atoms with Crippen LogP contribution in [0.1, 0.15) is 141 Å². The lowest BCUT2D eigenvalue weighted by atomic mass is 9.86. The van der Waals surface area contributed by atoms with Crippen LogP contribution in [0, 0.1) is 13.8 Å². The van der Waals surface area contributed by atoms with E-state index in [9.17, 15) is 33.9 Å². The fourth-order valence-electron chi connectivity index (χ4n) is 8.97. The molecule has 1 aliphatic heterocycles. The molecule has 4 atom stereocenters. The van der Waals surface area contributed by atoms with Crippen LogP contribution in [0.15, 0.2) is 54.6 Å². The van der Waals surface area contributed by atoms with Gasteiger partial charge < -0.3 is 70.3 Å². The Kier molecular flexibility index (Phi) is 22.5. The van der Waals surface area contributed by atoms with Crippen molar-refractivity contribution in [1.29, 1.82) is 0 Å². The van der Waals surface area contributed by atoms with Gasteiger partial charge in [-0.25, -0.2) is 29.1 Å². The number of carbonyl (C=O) groups excluding carboxylic acids is 8. The number of methoxy groups -OCH3 is 1. The highest BCUT2D eigenvalue weighted by Crippen LogP contribution is 2.44. The molecule has 24 heteroatoms. The minimum atomic E-state index is -1.65. The standard InChI is InChI=1S/C62H85N9O15/c1-34-47(35(2)67-50(66-34)38-18-21-40(22-19-38)59(4,5)6)52(74)69-43(24-25-63-56(78)84-60(7,8)9)54(76)71(16)48-39-20-23-45(82-28-26-64-57(79)85-61(10,11)12)41(33-39)42-30-37(31-44(55(77)81-17)70-51(73)36(3)68-53(48)75)32-46(49(42)72)83-29-27-65-58(80)86-62(13,14)15/h18-23,30,32-33,36,43-44,48,72H,24-29,31H2,1-17H3,(H,63,78)(H,64,79)(H,65,80)(H,68,75)(H,69,74)(H,70,73)/t36-,43-,44-,48-/m0/s1. The average molecular weight is 1200 g/mol. The summed E-state index contributed by atoms with van der Waals surface area (Å²) in [6.07, 6.45) is -2.69. The third-order valence-corrected chi connectivity index (χ3v) is 13.0. The van der Waals surface area contributed by atoms with Gasteiger partial charge >= 0.3 is 24.2 Å². The molecule has 7 amide bonds. The van der Waals surface area contributed by atoms with E-state index in [-0.39, 0.29) is 84.9 Å². The topological polar surface area (TPSA) is 313 Å². The lowest BCUT2D eigenvalue weighted by Crippen LogP contribution is -2.55. The fraction of sp³-hybridized carbons (Fsp3) is 0.516. The minimum Gasteiger partial charge on any atom is -0.504 e. The third kappa shape index (κ3) is 19.7. The van der Waals surface area contributed by atoms with Crippen molar-refractivity contribution in [3.8, 4) is 39.8 Å². The molecule has 1 aliphatic rings. The predicted molar refractivity (Wildman–Crippen MR) is 320 cm³/mol. The summed E-state index contributed by atoms with van der Waals surface area (Å²) < 4.78 is 33.7. The predicted octanol–water partition coefficient (Wildman–Crippen LogP) is 7.17. The van der Waals surface area contributed by atoms with E-state index in [1.807, 2.05) is 24.3 Å². The zero-order valence-corrected chi connectivity index (χ0v) is 52.5. The van der Waals surface area contributed by atoms with Gasteiger partial charge in [0.1, 0.15) is 59.9 Å². The Morgan fingerprint density at radius 2 is 1.21 bits per heavy atom. The van der Waals surface area contributed by atoms with Crippen molar-refractivity contribution in [2.24, 2.45) is 0 Å². The number of carbonyl (C=O) groups is 8. The molecule has 0 unspecified atom stereocenters. The lowest BCUT2D eigenvalue weighted by Gasteiger charge is -2.33. The first kappa shape index (κ1) is 68.1. The molecule has 5 rings (SSSR count). The number of amides is 7. The molecule has 86 heavy (non-hydrogen) atoms. The van der Waals surface area contributed by atoms with Crippen molar-refractivity contribution in [3.63, 3.8) is 0 Å². The highest BCUT2D eigenvalue weighted by molar-refractivity contribution is 6.00. The molecular weight excluding hydrogens is 1110 g/mol. The molecule has 0 spiro atoms. The van der Waals surface area contributed by atoms with Gasteiger partial charge in [0, 0.05) is 36.7 Å². The van der Waals surface area contributed by atoms with E-state index in [0.29, 0.717) is 22.8 Å². The number of nitrogens with one attached hydrogen (secondary N) is 6. The van der Waals surface area contributed by atoms with Gasteiger partial charge in [0.15, 0.2) is 17.3 Å². The number of fused-ring (bicyclic) bond motifs is 5. The molecule has 4 aromatic rings. The second-order valence-electron chi connectivity index (χ2n) is 24.8. The number of esters is 1. The molecule has 0 saturated heterocycles. The molecule has 0 aliphatic carbocycles. The van der Waals surface area contributed by atoms with E-state index >= 15 is 9.59 Å². The van der Waals surface area contributed by atoms with Gasteiger partial charge in [0.2, 0.25) is 17.7 Å². The van der Waals surface area contributed by atoms with E-state index < -0.39 is 94.6 Å². The summed E-state index contributed by atoms with van der Waals surface area (Å²) in [4.78, 5) is 121. The van der Waals surface area contributed by atoms with Gasteiger partial charge in [-0.3, -0.25) is 19.2 Å². The van der Waals surface area contributed by atoms with Crippen LogP contribution in [0.5, 0.6) is 17.2 Å². The molecule has 0 saturated carbocycles. The van der Waals surface area contributed by atoms with Gasteiger partial charge in [-0.15, -0.1) is 0 Å². The first-order chi connectivity index (χ1) is 39.9. The highest BCUT2D eigenvalue weighted by atomic mass is 16.6. The minimum absolute atomic E-state index is 0.0160. The van der Waals surface area contributed by atoms with E-state index in [2.05, 4.69) is 52.7 Å². The Hall–Kier alpha value is -8.70. The molecule has 1 aromatic heterocycles. The van der Waals surface area contributed by atoms with Crippen LogP contribution in [-0.4, -0.2) is 150 Å². The zero-order chi connectivity index (χ0) is 64.2. The first-order valence-electron chi connectivity index (χ1n) is 28.3. The SMILES string of the molecule is COC(=O)[C@@H]1Cc2cc(OCCNC(=O)OC(C)(C)C)c(O)c(c2)-c2cc(ccc2OCCNC(=O)OC(C)(C)C)[C@H](N(C)C(=O)[C@H](CCNC(=O)OC(C)(C)C)NC(=O)c2c(C)nc(-c3ccc(C(C)(C)C)cc3)nc2C)C(=O)N[C@@H](C)C(=O)N1. The summed E-state index contributed by atoms with van der Waals surface area (Å²) in [6.45, 7) is 25.5. The van der Waals surface area contributed by atoms with Crippen LogP contribution in [0.4, 0.5) is 14.4 Å². The number of phenols is 1. The third-order valence-electron chi connectivity index (χ3n) is 13.0. The smallest absolute Gasteiger partial charge is 0.407 e. The second-order valence-corrected chi connectivity index (χ2v) is 24.8. The molecule has 3 aromatic carbocycles. The summed E-state index contributed by atoms with van der Waals surface area (Å²) in [5.41, 5.74) is 0.491. The largest absolute Gasteiger partial charge is 0.504 e. The summed E-state index contributed by atoms with van der Waals surface area (Å²) in [5.74, 6) is -4.29. The Labute approximate surface area is 502 Å². The van der Waals surface area contributed by atoms with Crippen LogP contribution in [0.2, 0.25) is 0 Å². The Morgan fingerprint density at radius 1 is 0.686 bits per heavy atom. The monoisotopic (exact) mass is 1200 g/mol. The number of hydrogen-bond donors (Lipinski definition) is 7. The Bertz CT molecular complexity index is 3120. The van der Waals surface area contributed by atoms with Gasteiger partial charge in [-0.2, -0.15) is 0 Å². The van der Waals surface area contributed by atoms with Gasteiger partial charge in [0.05, 0.1) is 37.2 Å². The summed E-state index contributed by atoms with van der Waals surface area (Å²) in [6, 6.07) is 9.35. The number of alkyl carbamates (subject to hydrolysis) is 3. The van der Waals surface area contributed by atoms with Crippen molar-refractivity contribution in [2.45, 2.75) is 163 Å². The molecule has 468 valence electrons. The molecule has 7 N–H and O–H groups in total. The van der Waals surface area contributed by atoms with Gasteiger partial charge in [-0.05, 0) is 136 Å². The number of hydrogen-bond acceptors (Lipinski definition) is 17. The van der Waals surface area contributed by atoms with E-state index in [1.165, 1.54) is 44.3 Å². The average Bonchev–Trinajstić information content (AvgIpc) is 0.976. The quantitative estimate of drug-likeness (QED) is 0.0313. The van der Waals surface area contributed by atoms with Crippen LogP contribution in [0.25, 0.3) is 22.5 Å². The number of ether oxygens (including phenoxy) is 6. The number of benzene rings is 3. The Morgan fingerprint density at radius 3 is 1.72 bits per heavy atom. The van der Waals surface area contributed by atoms with Crippen molar-refractivity contribution < 1.29 is 71.9 Å². The fourth-order valence-corrected chi connectivity index (χ4v) is 8.97. The molecular formula is C62H85N9O15. The molecule has 0 fully saturated rings. The zero-order valence-electron chi connectivity index (χ0n) is 52.5. The van der Waals surface area contributed by atoms with Crippen molar-refractivity contribution in [2.75, 3.05) is 47.0 Å². The number of phenolic OH excluding ortho intramolecular Hbond substituents is 1. The second kappa shape index (κ2) is 28.5. The van der Waals surface area contributed by atoms with E-state index in [4.69, 9.17) is 38.4 Å². The summed E-state index contributed by atoms with van der Waals surface area (Å²) in [7, 11) is 2.45. The van der Waals surface area contributed by atoms with Gasteiger partial charge in [-0.1, -0.05) is 51.1 Å². The van der Waals surface area contributed by atoms with Crippen LogP contribution >= 0.6 is 0 Å². The number of aromatic nitrogens is 2. The lowest BCUT2D eigenvalue weighted by molar-refractivity contribution is -0.145. The molecule has 0 radical (unpaired) electrons. The first-order valence-corrected chi connectivity index (χ1v) is 28.3. The number of aryl methyl sites for hydroxylation is 2. The van der Waals surface area contributed by atoms with Crippen LogP contribution < -0.4 is 41.4 Å². The van der Waals surface area contributed by atoms with Crippen molar-refractivity contribution >= 4 is 47.9 Å². The number of nitrogens with zero attached hydrogens (tertiary/aromatic N) is 3. The molecule has 4 bridgehead atoms. The molecule has 2 heterocycles. The summed E-state index contributed by atoms with van der Waals surface area (Å²) >= 11 is 0. The van der Waals surface area contributed by atoms with Crippen molar-refractivity contribution in [3.05, 3.63) is 88.2 Å². The number of aromatic hydroxyl groups is 1. The van der Waals surface area contributed by atoms with E-state index in [0.717, 1.165) is 23.1 Å². The Balaban J connectivity index is 1.66. The van der Waals surface area contributed by atoms with Crippen LogP contribution in [0.3, 0.4) is 0 Å². The van der Waals surface area contributed by atoms with Crippen molar-refractivity contribution in [1.82, 2.24) is 46.8 Å². The van der Waals surface area contributed by atoms with E-state index in [1.54, 1.807) is 76.2 Å². The number of likely N-dealkylation sites (N-methyl/N-ethyl adjacent to an activating group) is 1. The maximum Gasteiger partial charge on any atom is 0.407 e. The number of rotatable bonds is 17.